The topological polar surface area (TPSA) is 78.6 Å². The highest BCUT2D eigenvalue weighted by molar-refractivity contribution is 5.45. The summed E-state index contributed by atoms with van der Waals surface area (Å²) in [5.74, 6) is 2.69. The maximum Gasteiger partial charge on any atom is 0.257 e. The van der Waals surface area contributed by atoms with E-state index in [4.69, 9.17) is 18.7 Å². The van der Waals surface area contributed by atoms with Gasteiger partial charge in [0.2, 0.25) is 6.79 Å². The van der Waals surface area contributed by atoms with Gasteiger partial charge in [-0.2, -0.15) is 4.98 Å². The normalized spacial score (nSPS) is 23.7. The Morgan fingerprint density at radius 2 is 2.14 bits per heavy atom. The van der Waals surface area contributed by atoms with Gasteiger partial charge in [-0.15, -0.1) is 0 Å². The van der Waals surface area contributed by atoms with Crippen LogP contribution in [0.5, 0.6) is 11.5 Å². The average molecular weight is 303 g/mol. The largest absolute Gasteiger partial charge is 0.454 e. The van der Waals surface area contributed by atoms with E-state index in [-0.39, 0.29) is 19.0 Å². The van der Waals surface area contributed by atoms with Crippen molar-refractivity contribution < 1.29 is 18.7 Å². The number of benzene rings is 1. The molecule has 1 saturated heterocycles. The average Bonchev–Trinajstić information content (AvgIpc) is 3.16. The van der Waals surface area contributed by atoms with Crippen molar-refractivity contribution in [2.45, 2.75) is 25.6 Å². The third-order valence-electron chi connectivity index (χ3n) is 3.72. The number of nitrogens with one attached hydrogen (secondary N) is 1. The molecule has 116 valence electrons. The Labute approximate surface area is 127 Å². The predicted octanol–water partition coefficient (Wildman–Crippen LogP) is 1.44. The van der Waals surface area contributed by atoms with Crippen LogP contribution in [-0.2, 0) is 11.2 Å². The van der Waals surface area contributed by atoms with Crippen LogP contribution in [0.25, 0.3) is 0 Å². The first kappa shape index (κ1) is 13.5. The number of aromatic nitrogens is 2. The van der Waals surface area contributed by atoms with Crippen molar-refractivity contribution >= 4 is 0 Å². The highest BCUT2D eigenvalue weighted by atomic mass is 16.7. The third-order valence-corrected chi connectivity index (χ3v) is 3.72. The van der Waals surface area contributed by atoms with Crippen LogP contribution >= 0.6 is 0 Å². The van der Waals surface area contributed by atoms with Crippen molar-refractivity contribution in [2.24, 2.45) is 0 Å². The van der Waals surface area contributed by atoms with E-state index < -0.39 is 0 Å². The van der Waals surface area contributed by atoms with Gasteiger partial charge in [-0.3, -0.25) is 0 Å². The van der Waals surface area contributed by atoms with Gasteiger partial charge in [-0.05, 0) is 24.6 Å². The zero-order chi connectivity index (χ0) is 14.9. The number of nitrogens with zero attached hydrogens (tertiary/aromatic N) is 2. The highest BCUT2D eigenvalue weighted by Gasteiger charge is 2.25. The fraction of sp³-hybridized carbons (Fsp3) is 0.467. The van der Waals surface area contributed by atoms with Gasteiger partial charge in [0.25, 0.3) is 5.89 Å². The molecule has 0 spiro atoms. The summed E-state index contributed by atoms with van der Waals surface area (Å²) < 4.78 is 21.8. The number of ether oxygens (including phenoxy) is 3. The lowest BCUT2D eigenvalue weighted by molar-refractivity contribution is -0.0438. The van der Waals surface area contributed by atoms with E-state index in [0.717, 1.165) is 23.6 Å². The van der Waals surface area contributed by atoms with Crippen LogP contribution < -0.4 is 14.8 Å². The lowest BCUT2D eigenvalue weighted by Crippen LogP contribution is -2.39. The van der Waals surface area contributed by atoms with Gasteiger partial charge in [-0.1, -0.05) is 11.2 Å². The van der Waals surface area contributed by atoms with Crippen molar-refractivity contribution in [3.63, 3.8) is 0 Å². The zero-order valence-corrected chi connectivity index (χ0v) is 12.2. The number of morpholine rings is 1. The number of rotatable bonds is 3. The molecule has 7 heteroatoms. The minimum Gasteiger partial charge on any atom is -0.454 e. The molecule has 3 heterocycles. The highest BCUT2D eigenvalue weighted by Crippen LogP contribution is 2.33. The summed E-state index contributed by atoms with van der Waals surface area (Å²) in [4.78, 5) is 4.44. The Balaban J connectivity index is 1.47. The smallest absolute Gasteiger partial charge is 0.257 e. The molecular weight excluding hydrogens is 286 g/mol. The van der Waals surface area contributed by atoms with Crippen LogP contribution in [0.15, 0.2) is 22.7 Å². The summed E-state index contributed by atoms with van der Waals surface area (Å²) in [6, 6.07) is 5.82. The summed E-state index contributed by atoms with van der Waals surface area (Å²) >= 11 is 0. The molecule has 1 fully saturated rings. The van der Waals surface area contributed by atoms with Gasteiger partial charge in [0.05, 0.1) is 6.10 Å². The summed E-state index contributed by atoms with van der Waals surface area (Å²) in [5, 5.41) is 7.33. The summed E-state index contributed by atoms with van der Waals surface area (Å²) in [7, 11) is 0. The quantitative estimate of drug-likeness (QED) is 0.919. The molecule has 1 aromatic carbocycles. The van der Waals surface area contributed by atoms with Crippen molar-refractivity contribution in [3.8, 4) is 11.5 Å². The molecule has 22 heavy (non-hydrogen) atoms. The maximum atomic E-state index is 5.80. The molecule has 7 nitrogen and oxygen atoms in total. The van der Waals surface area contributed by atoms with Gasteiger partial charge in [0, 0.05) is 19.5 Å². The molecule has 1 aromatic heterocycles. The van der Waals surface area contributed by atoms with Crippen LogP contribution in [-0.4, -0.2) is 36.1 Å². The van der Waals surface area contributed by atoms with Crippen LogP contribution in [0.3, 0.4) is 0 Å². The van der Waals surface area contributed by atoms with Gasteiger partial charge < -0.3 is 24.1 Å². The van der Waals surface area contributed by atoms with Crippen molar-refractivity contribution in [1.82, 2.24) is 15.5 Å². The van der Waals surface area contributed by atoms with Gasteiger partial charge in [0.1, 0.15) is 6.10 Å². The fourth-order valence-corrected chi connectivity index (χ4v) is 2.64. The second-order valence-electron chi connectivity index (χ2n) is 5.51. The minimum atomic E-state index is -0.179. The number of fused-ring (bicyclic) bond motifs is 1. The summed E-state index contributed by atoms with van der Waals surface area (Å²) in [5.41, 5.74) is 1.05. The van der Waals surface area contributed by atoms with Gasteiger partial charge in [-0.25, -0.2) is 0 Å². The monoisotopic (exact) mass is 303 g/mol. The molecule has 1 N–H and O–H groups in total. The molecule has 0 saturated carbocycles. The minimum absolute atomic E-state index is 0.142. The molecule has 4 rings (SSSR count). The molecule has 0 radical (unpaired) electrons. The van der Waals surface area contributed by atoms with E-state index in [1.54, 1.807) is 0 Å². The van der Waals surface area contributed by atoms with E-state index in [1.807, 2.05) is 25.1 Å². The Kier molecular flexibility index (Phi) is 3.44. The molecule has 0 bridgehead atoms. The Morgan fingerprint density at radius 1 is 1.23 bits per heavy atom. The molecule has 2 aliphatic rings. The van der Waals surface area contributed by atoms with Gasteiger partial charge >= 0.3 is 0 Å². The second-order valence-corrected chi connectivity index (χ2v) is 5.51. The van der Waals surface area contributed by atoms with E-state index >= 15 is 0 Å². The molecule has 0 unspecified atom stereocenters. The Bertz CT molecular complexity index is 673. The van der Waals surface area contributed by atoms with Crippen molar-refractivity contribution in [1.29, 1.82) is 0 Å². The van der Waals surface area contributed by atoms with Crippen LogP contribution in [0.2, 0.25) is 0 Å². The van der Waals surface area contributed by atoms with E-state index in [9.17, 15) is 0 Å². The van der Waals surface area contributed by atoms with Gasteiger partial charge in [0.15, 0.2) is 17.3 Å². The lowest BCUT2D eigenvalue weighted by atomic mass is 10.1. The molecule has 2 aliphatic heterocycles. The fourth-order valence-electron chi connectivity index (χ4n) is 2.64. The Morgan fingerprint density at radius 3 is 3.05 bits per heavy atom. The predicted molar refractivity (Wildman–Crippen MR) is 75.8 cm³/mol. The molecule has 2 atom stereocenters. The summed E-state index contributed by atoms with van der Waals surface area (Å²) in [6.45, 7) is 3.82. The molecular formula is C15H17N3O4. The molecule has 0 aliphatic carbocycles. The SMILES string of the molecule is C[C@@H]1CNC[C@H](c2nc(Cc3ccc4c(c3)OCO4)no2)O1. The maximum absolute atomic E-state index is 5.80. The van der Waals surface area contributed by atoms with Crippen LogP contribution in [0, 0.1) is 0 Å². The van der Waals surface area contributed by atoms with Crippen LogP contribution in [0.4, 0.5) is 0 Å². The van der Waals surface area contributed by atoms with Crippen molar-refractivity contribution in [3.05, 3.63) is 35.5 Å². The lowest BCUT2D eigenvalue weighted by Gasteiger charge is -2.25. The third kappa shape index (κ3) is 2.65. The summed E-state index contributed by atoms with van der Waals surface area (Å²) in [6.07, 6.45) is 0.542. The van der Waals surface area contributed by atoms with Crippen molar-refractivity contribution in [2.75, 3.05) is 19.9 Å². The first-order valence-corrected chi connectivity index (χ1v) is 7.35. The number of hydrogen-bond acceptors (Lipinski definition) is 7. The number of hydrogen-bond donors (Lipinski definition) is 1. The van der Waals surface area contributed by atoms with E-state index in [2.05, 4.69) is 15.5 Å². The van der Waals surface area contributed by atoms with E-state index in [1.165, 1.54) is 0 Å². The van der Waals surface area contributed by atoms with E-state index in [0.29, 0.717) is 24.7 Å². The molecule has 2 aromatic rings. The van der Waals surface area contributed by atoms with Crippen LogP contribution in [0.1, 0.15) is 30.3 Å². The standard InChI is InChI=1S/C15H17N3O4/c1-9-6-16-7-13(21-9)15-17-14(18-22-15)5-10-2-3-11-12(4-10)20-8-19-11/h2-4,9,13,16H,5-8H2,1H3/t9-,13-/m1/s1. The first-order chi connectivity index (χ1) is 10.8. The molecule has 0 amide bonds. The first-order valence-electron chi connectivity index (χ1n) is 7.35. The second kappa shape index (κ2) is 5.58. The Hall–Kier alpha value is -2.12. The zero-order valence-electron chi connectivity index (χ0n) is 12.2.